The Bertz CT molecular complexity index is 1040. The summed E-state index contributed by atoms with van der Waals surface area (Å²) in [7, 11) is 0. The van der Waals surface area contributed by atoms with Gasteiger partial charge in [0.2, 0.25) is 5.91 Å². The van der Waals surface area contributed by atoms with Crippen LogP contribution >= 0.6 is 0 Å². The maximum atomic E-state index is 13.1. The van der Waals surface area contributed by atoms with Crippen LogP contribution in [0, 0.1) is 0 Å². The maximum Gasteiger partial charge on any atom is 0.303 e. The van der Waals surface area contributed by atoms with E-state index in [4.69, 9.17) is 9.84 Å². The number of carboxylic acid groups (broad SMARTS) is 1. The second-order valence-electron chi connectivity index (χ2n) is 9.06. The van der Waals surface area contributed by atoms with Crippen molar-refractivity contribution < 1.29 is 19.4 Å². The summed E-state index contributed by atoms with van der Waals surface area (Å²) >= 11 is 0. The second-order valence-corrected chi connectivity index (χ2v) is 9.06. The van der Waals surface area contributed by atoms with Crippen LogP contribution in [0.1, 0.15) is 62.5 Å². The lowest BCUT2D eigenvalue weighted by Crippen LogP contribution is -2.31. The molecule has 0 unspecified atom stereocenters. The van der Waals surface area contributed by atoms with Crippen molar-refractivity contribution in [1.29, 1.82) is 0 Å². The van der Waals surface area contributed by atoms with E-state index in [2.05, 4.69) is 24.3 Å². The van der Waals surface area contributed by atoms with Crippen LogP contribution in [0.4, 0.5) is 5.69 Å². The monoisotopic (exact) mass is 487 g/mol. The number of unbranched alkanes of at least 4 members (excludes halogenated alkanes) is 4. The van der Waals surface area contributed by atoms with Gasteiger partial charge in [0.05, 0.1) is 0 Å². The minimum Gasteiger partial charge on any atom is -0.489 e. The highest BCUT2D eigenvalue weighted by atomic mass is 16.5. The van der Waals surface area contributed by atoms with Crippen molar-refractivity contribution in [1.82, 2.24) is 0 Å². The van der Waals surface area contributed by atoms with Crippen molar-refractivity contribution in [3.8, 4) is 5.75 Å². The van der Waals surface area contributed by atoms with Crippen LogP contribution in [0.3, 0.4) is 0 Å². The summed E-state index contributed by atoms with van der Waals surface area (Å²) in [5, 5.41) is 8.93. The Hall–Kier alpha value is -3.60. The van der Waals surface area contributed by atoms with Gasteiger partial charge in [-0.05, 0) is 67.5 Å². The van der Waals surface area contributed by atoms with Crippen molar-refractivity contribution in [2.75, 3.05) is 11.4 Å². The SMILES string of the molecule is O=C(O)CCCCN(C(=O)CCCCCCc1ccccc1)c1ccc(OCc2ccccc2)cc1. The number of anilines is 1. The molecule has 0 aliphatic rings. The molecule has 5 heteroatoms. The molecule has 3 aromatic carbocycles. The average Bonchev–Trinajstić information content (AvgIpc) is 2.91. The molecule has 0 aromatic heterocycles. The fourth-order valence-corrected chi connectivity index (χ4v) is 4.15. The first-order valence-electron chi connectivity index (χ1n) is 12.9. The van der Waals surface area contributed by atoms with Crippen molar-refractivity contribution >= 4 is 17.6 Å². The molecule has 0 heterocycles. The molecule has 190 valence electrons. The minimum absolute atomic E-state index is 0.0892. The third-order valence-electron chi connectivity index (χ3n) is 6.17. The van der Waals surface area contributed by atoms with Crippen molar-refractivity contribution in [2.24, 2.45) is 0 Å². The molecular weight excluding hydrogens is 450 g/mol. The van der Waals surface area contributed by atoms with Gasteiger partial charge in [0.1, 0.15) is 12.4 Å². The summed E-state index contributed by atoms with van der Waals surface area (Å²) in [5.74, 6) is 0.0360. The fourth-order valence-electron chi connectivity index (χ4n) is 4.15. The number of ether oxygens (including phenoxy) is 1. The maximum absolute atomic E-state index is 13.1. The van der Waals surface area contributed by atoms with Gasteiger partial charge in [-0.3, -0.25) is 9.59 Å². The van der Waals surface area contributed by atoms with E-state index < -0.39 is 5.97 Å². The predicted octanol–water partition coefficient (Wildman–Crippen LogP) is 7.05. The van der Waals surface area contributed by atoms with Crippen molar-refractivity contribution in [2.45, 2.75) is 64.4 Å². The van der Waals surface area contributed by atoms with E-state index in [-0.39, 0.29) is 12.3 Å². The summed E-state index contributed by atoms with van der Waals surface area (Å²) < 4.78 is 5.88. The molecule has 5 nitrogen and oxygen atoms in total. The first-order valence-corrected chi connectivity index (χ1v) is 12.9. The minimum atomic E-state index is -0.803. The van der Waals surface area contributed by atoms with Crippen LogP contribution in [0.25, 0.3) is 0 Å². The number of carboxylic acids is 1. The largest absolute Gasteiger partial charge is 0.489 e. The number of carbonyl (C=O) groups excluding carboxylic acids is 1. The second kappa shape index (κ2) is 15.4. The number of hydrogen-bond donors (Lipinski definition) is 1. The third-order valence-corrected chi connectivity index (χ3v) is 6.17. The van der Waals surface area contributed by atoms with Gasteiger partial charge < -0.3 is 14.7 Å². The number of amides is 1. The van der Waals surface area contributed by atoms with E-state index in [1.807, 2.05) is 60.7 Å². The number of aryl methyl sites for hydroxylation is 1. The molecule has 0 saturated carbocycles. The Kier molecular flexibility index (Phi) is 11.6. The lowest BCUT2D eigenvalue weighted by molar-refractivity contribution is -0.137. The molecule has 0 spiro atoms. The molecule has 0 fully saturated rings. The molecule has 3 rings (SSSR count). The number of benzene rings is 3. The van der Waals surface area contributed by atoms with Gasteiger partial charge in [0.15, 0.2) is 0 Å². The summed E-state index contributed by atoms with van der Waals surface area (Å²) in [6.07, 6.45) is 7.01. The number of nitrogens with zero attached hydrogens (tertiary/aromatic N) is 1. The van der Waals surface area contributed by atoms with E-state index in [0.29, 0.717) is 32.4 Å². The number of rotatable bonds is 16. The molecule has 1 amide bonds. The number of hydrogen-bond acceptors (Lipinski definition) is 3. The molecule has 0 saturated heterocycles. The Morgan fingerprint density at radius 2 is 1.28 bits per heavy atom. The zero-order chi connectivity index (χ0) is 25.4. The van der Waals surface area contributed by atoms with Gasteiger partial charge in [0, 0.05) is 25.1 Å². The van der Waals surface area contributed by atoms with Gasteiger partial charge in [-0.15, -0.1) is 0 Å². The average molecular weight is 488 g/mol. The van der Waals surface area contributed by atoms with Crippen LogP contribution in [0.15, 0.2) is 84.9 Å². The van der Waals surface area contributed by atoms with Gasteiger partial charge >= 0.3 is 5.97 Å². The smallest absolute Gasteiger partial charge is 0.303 e. The Morgan fingerprint density at radius 3 is 1.94 bits per heavy atom. The van der Waals surface area contributed by atoms with Gasteiger partial charge in [-0.1, -0.05) is 73.5 Å². The Morgan fingerprint density at radius 1 is 0.667 bits per heavy atom. The Balaban J connectivity index is 1.48. The van der Waals surface area contributed by atoms with Crippen LogP contribution < -0.4 is 9.64 Å². The number of aliphatic carboxylic acids is 1. The molecule has 0 aliphatic carbocycles. The zero-order valence-corrected chi connectivity index (χ0v) is 21.0. The lowest BCUT2D eigenvalue weighted by atomic mass is 10.1. The summed E-state index contributed by atoms with van der Waals surface area (Å²) in [6.45, 7) is 1.01. The molecule has 3 aromatic rings. The lowest BCUT2D eigenvalue weighted by Gasteiger charge is -2.23. The molecule has 0 bridgehead atoms. The van der Waals surface area contributed by atoms with Crippen LogP contribution in [-0.4, -0.2) is 23.5 Å². The molecule has 36 heavy (non-hydrogen) atoms. The van der Waals surface area contributed by atoms with E-state index >= 15 is 0 Å². The number of carbonyl (C=O) groups is 2. The first kappa shape index (κ1) is 27.0. The van der Waals surface area contributed by atoms with E-state index in [0.717, 1.165) is 49.1 Å². The van der Waals surface area contributed by atoms with Crippen LogP contribution in [-0.2, 0) is 22.6 Å². The van der Waals surface area contributed by atoms with Crippen molar-refractivity contribution in [3.63, 3.8) is 0 Å². The van der Waals surface area contributed by atoms with Crippen LogP contribution in [0.2, 0.25) is 0 Å². The van der Waals surface area contributed by atoms with Gasteiger partial charge in [-0.2, -0.15) is 0 Å². The highest BCUT2D eigenvalue weighted by molar-refractivity contribution is 5.93. The zero-order valence-electron chi connectivity index (χ0n) is 21.0. The topological polar surface area (TPSA) is 66.8 Å². The van der Waals surface area contributed by atoms with Crippen LogP contribution in [0.5, 0.6) is 5.75 Å². The van der Waals surface area contributed by atoms with E-state index in [1.54, 1.807) is 4.90 Å². The fraction of sp³-hybridized carbons (Fsp3) is 0.355. The third kappa shape index (κ3) is 9.95. The first-order chi connectivity index (χ1) is 17.6. The quantitative estimate of drug-likeness (QED) is 0.220. The van der Waals surface area contributed by atoms with E-state index in [1.165, 1.54) is 5.56 Å². The molecule has 0 aliphatic heterocycles. The molecule has 0 atom stereocenters. The van der Waals surface area contributed by atoms with Crippen molar-refractivity contribution in [3.05, 3.63) is 96.1 Å². The van der Waals surface area contributed by atoms with Gasteiger partial charge in [-0.25, -0.2) is 0 Å². The normalized spacial score (nSPS) is 10.7. The summed E-state index contributed by atoms with van der Waals surface area (Å²) in [5.41, 5.74) is 3.28. The summed E-state index contributed by atoms with van der Waals surface area (Å²) in [4.78, 5) is 25.8. The highest BCUT2D eigenvalue weighted by Gasteiger charge is 2.16. The Labute approximate surface area is 214 Å². The molecule has 0 radical (unpaired) electrons. The standard InChI is InChI=1S/C31H37NO4/c33-30(18-10-2-1-5-13-26-14-6-3-7-15-26)32(24-12-11-19-31(34)35)28-20-22-29(23-21-28)36-25-27-16-8-4-9-17-27/h3-4,6-9,14-17,20-23H,1-2,5,10-13,18-19,24-25H2,(H,34,35). The molecule has 1 N–H and O–H groups in total. The summed E-state index contributed by atoms with van der Waals surface area (Å²) in [6, 6.07) is 28.1. The van der Waals surface area contributed by atoms with Gasteiger partial charge in [0.25, 0.3) is 0 Å². The predicted molar refractivity (Wildman–Crippen MR) is 144 cm³/mol. The molecular formula is C31H37NO4. The van der Waals surface area contributed by atoms with E-state index in [9.17, 15) is 9.59 Å². The highest BCUT2D eigenvalue weighted by Crippen LogP contribution is 2.22.